The molecule has 7 heteroatoms. The molecule has 2 rings (SSSR count). The van der Waals surface area contributed by atoms with Crippen molar-refractivity contribution in [2.24, 2.45) is 0 Å². The first kappa shape index (κ1) is 14.2. The van der Waals surface area contributed by atoms with Crippen LogP contribution in [0.3, 0.4) is 0 Å². The van der Waals surface area contributed by atoms with Gasteiger partial charge in [0, 0.05) is 16.7 Å². The average molecular weight is 338 g/mol. The second kappa shape index (κ2) is 5.03. The Labute approximate surface area is 116 Å². The highest BCUT2D eigenvalue weighted by atomic mass is 79.9. The maximum atomic E-state index is 13.0. The molecule has 1 aliphatic heterocycles. The molecule has 0 aromatic heterocycles. The molecule has 1 saturated heterocycles. The summed E-state index contributed by atoms with van der Waals surface area (Å²) < 4.78 is 39.4. The van der Waals surface area contributed by atoms with Gasteiger partial charge in [-0.3, -0.25) is 0 Å². The molecule has 1 aliphatic rings. The van der Waals surface area contributed by atoms with Crippen molar-refractivity contribution >= 4 is 27.6 Å². The van der Waals surface area contributed by atoms with Crippen molar-refractivity contribution in [1.82, 2.24) is 0 Å². The number of carbonyl (C=O) groups is 1. The van der Waals surface area contributed by atoms with Crippen molar-refractivity contribution in [2.75, 3.05) is 11.4 Å². The molecule has 0 spiro atoms. The van der Waals surface area contributed by atoms with Gasteiger partial charge in [-0.15, -0.1) is 0 Å². The molecular formula is C12H11BrF3NO2. The van der Waals surface area contributed by atoms with Gasteiger partial charge in [-0.05, 0) is 31.0 Å². The summed E-state index contributed by atoms with van der Waals surface area (Å²) in [5.74, 6) is -1.09. The molecule has 0 bridgehead atoms. The van der Waals surface area contributed by atoms with Gasteiger partial charge in [-0.2, -0.15) is 13.2 Å². The Morgan fingerprint density at radius 3 is 2.68 bits per heavy atom. The number of anilines is 1. The standard InChI is InChI=1S/C12H11BrF3NO2/c13-7-3-4-9(8(6-7)12(14,15)16)17-5-1-2-10(17)11(18)19/h3-4,6,10H,1-2,5H2,(H,18,19). The van der Waals surface area contributed by atoms with E-state index in [1.807, 2.05) is 0 Å². The van der Waals surface area contributed by atoms with E-state index in [9.17, 15) is 18.0 Å². The van der Waals surface area contributed by atoms with Gasteiger partial charge < -0.3 is 10.0 Å². The van der Waals surface area contributed by atoms with Crippen molar-refractivity contribution in [1.29, 1.82) is 0 Å². The number of carboxylic acid groups (broad SMARTS) is 1. The number of nitrogens with zero attached hydrogens (tertiary/aromatic N) is 1. The zero-order chi connectivity index (χ0) is 14.2. The van der Waals surface area contributed by atoms with E-state index < -0.39 is 23.8 Å². The minimum absolute atomic E-state index is 0.0689. The Morgan fingerprint density at radius 1 is 1.42 bits per heavy atom. The molecule has 1 fully saturated rings. The number of rotatable bonds is 2. The van der Waals surface area contributed by atoms with Crippen LogP contribution in [0.15, 0.2) is 22.7 Å². The van der Waals surface area contributed by atoms with Crippen molar-refractivity contribution in [3.63, 3.8) is 0 Å². The zero-order valence-electron chi connectivity index (χ0n) is 9.75. The molecule has 104 valence electrons. The van der Waals surface area contributed by atoms with E-state index in [2.05, 4.69) is 15.9 Å². The van der Waals surface area contributed by atoms with Gasteiger partial charge in [0.15, 0.2) is 0 Å². The number of hydrogen-bond acceptors (Lipinski definition) is 2. The van der Waals surface area contributed by atoms with Gasteiger partial charge in [0.1, 0.15) is 6.04 Å². The third-order valence-electron chi connectivity index (χ3n) is 3.11. The predicted octanol–water partition coefficient (Wildman–Crippen LogP) is 3.52. The first-order valence-corrected chi connectivity index (χ1v) is 6.46. The van der Waals surface area contributed by atoms with E-state index in [0.717, 1.165) is 6.07 Å². The summed E-state index contributed by atoms with van der Waals surface area (Å²) in [5.41, 5.74) is -0.879. The van der Waals surface area contributed by atoms with Crippen LogP contribution in [0.2, 0.25) is 0 Å². The Bertz CT molecular complexity index is 504. The van der Waals surface area contributed by atoms with E-state index in [4.69, 9.17) is 5.11 Å². The van der Waals surface area contributed by atoms with Crippen LogP contribution in [0.1, 0.15) is 18.4 Å². The van der Waals surface area contributed by atoms with Crippen LogP contribution >= 0.6 is 15.9 Å². The topological polar surface area (TPSA) is 40.5 Å². The Morgan fingerprint density at radius 2 is 2.11 bits per heavy atom. The number of alkyl halides is 3. The van der Waals surface area contributed by atoms with E-state index in [1.54, 1.807) is 0 Å². The second-order valence-corrected chi connectivity index (χ2v) is 5.26. The molecule has 0 saturated carbocycles. The zero-order valence-corrected chi connectivity index (χ0v) is 11.3. The monoisotopic (exact) mass is 337 g/mol. The lowest BCUT2D eigenvalue weighted by Crippen LogP contribution is -2.37. The molecule has 1 N–H and O–H groups in total. The van der Waals surface area contributed by atoms with Gasteiger partial charge in [0.25, 0.3) is 0 Å². The summed E-state index contributed by atoms with van der Waals surface area (Å²) in [6.07, 6.45) is -3.57. The number of halogens is 4. The molecule has 0 radical (unpaired) electrons. The highest BCUT2D eigenvalue weighted by Gasteiger charge is 2.39. The van der Waals surface area contributed by atoms with Crippen molar-refractivity contribution < 1.29 is 23.1 Å². The molecular weight excluding hydrogens is 327 g/mol. The maximum absolute atomic E-state index is 13.0. The molecule has 3 nitrogen and oxygen atoms in total. The molecule has 1 atom stereocenters. The summed E-state index contributed by atoms with van der Waals surface area (Å²) in [6, 6.07) is 2.89. The summed E-state index contributed by atoms with van der Waals surface area (Å²) in [6.45, 7) is 0.321. The molecule has 1 aromatic carbocycles. The lowest BCUT2D eigenvalue weighted by molar-refractivity contribution is -0.140. The van der Waals surface area contributed by atoms with Gasteiger partial charge in [-0.1, -0.05) is 15.9 Å². The van der Waals surface area contributed by atoms with E-state index in [-0.39, 0.29) is 5.69 Å². The van der Waals surface area contributed by atoms with E-state index >= 15 is 0 Å². The van der Waals surface area contributed by atoms with Crippen LogP contribution in [0.25, 0.3) is 0 Å². The average Bonchev–Trinajstić information content (AvgIpc) is 2.76. The van der Waals surface area contributed by atoms with Gasteiger partial charge >= 0.3 is 12.1 Å². The fourth-order valence-electron chi connectivity index (χ4n) is 2.30. The van der Waals surface area contributed by atoms with Gasteiger partial charge in [0.05, 0.1) is 5.56 Å². The van der Waals surface area contributed by atoms with Gasteiger partial charge in [-0.25, -0.2) is 4.79 Å². The predicted molar refractivity (Wildman–Crippen MR) is 67.1 cm³/mol. The maximum Gasteiger partial charge on any atom is 0.418 e. The molecule has 1 heterocycles. The normalized spacial score (nSPS) is 19.8. The van der Waals surface area contributed by atoms with Crippen molar-refractivity contribution in [3.8, 4) is 0 Å². The van der Waals surface area contributed by atoms with Crippen molar-refractivity contribution in [3.05, 3.63) is 28.2 Å². The number of carboxylic acids is 1. The Kier molecular flexibility index (Phi) is 3.75. The van der Waals surface area contributed by atoms with Crippen LogP contribution in [-0.2, 0) is 11.0 Å². The highest BCUT2D eigenvalue weighted by Crippen LogP contribution is 2.40. The summed E-state index contributed by atoms with van der Waals surface area (Å²) >= 11 is 3.01. The van der Waals surface area contributed by atoms with Crippen LogP contribution in [-0.4, -0.2) is 23.7 Å². The molecule has 0 aliphatic carbocycles. The minimum Gasteiger partial charge on any atom is -0.480 e. The largest absolute Gasteiger partial charge is 0.480 e. The second-order valence-electron chi connectivity index (χ2n) is 4.35. The number of aliphatic carboxylic acids is 1. The molecule has 1 aromatic rings. The van der Waals surface area contributed by atoms with Crippen molar-refractivity contribution in [2.45, 2.75) is 25.1 Å². The van der Waals surface area contributed by atoms with E-state index in [1.165, 1.54) is 17.0 Å². The first-order valence-electron chi connectivity index (χ1n) is 5.67. The summed E-state index contributed by atoms with van der Waals surface area (Å²) in [7, 11) is 0. The Hall–Kier alpha value is -1.24. The summed E-state index contributed by atoms with van der Waals surface area (Å²) in [5, 5.41) is 9.06. The lowest BCUT2D eigenvalue weighted by Gasteiger charge is -2.27. The van der Waals surface area contributed by atoms with Crippen LogP contribution < -0.4 is 4.90 Å². The fourth-order valence-corrected chi connectivity index (χ4v) is 2.66. The fraction of sp³-hybridized carbons (Fsp3) is 0.417. The minimum atomic E-state index is -4.51. The van der Waals surface area contributed by atoms with Gasteiger partial charge in [0.2, 0.25) is 0 Å². The highest BCUT2D eigenvalue weighted by molar-refractivity contribution is 9.10. The molecule has 0 amide bonds. The lowest BCUT2D eigenvalue weighted by atomic mass is 10.1. The van der Waals surface area contributed by atoms with Crippen LogP contribution in [0.4, 0.5) is 18.9 Å². The third-order valence-corrected chi connectivity index (χ3v) is 3.60. The first-order chi connectivity index (χ1) is 8.80. The summed E-state index contributed by atoms with van der Waals surface area (Å²) in [4.78, 5) is 12.4. The molecule has 1 unspecified atom stereocenters. The SMILES string of the molecule is O=C(O)C1CCCN1c1ccc(Br)cc1C(F)(F)F. The number of hydrogen-bond donors (Lipinski definition) is 1. The van der Waals surface area contributed by atoms with Crippen LogP contribution in [0.5, 0.6) is 0 Å². The number of benzene rings is 1. The molecule has 19 heavy (non-hydrogen) atoms. The third kappa shape index (κ3) is 2.86. The Balaban J connectivity index is 2.47. The van der Waals surface area contributed by atoms with Crippen LogP contribution in [0, 0.1) is 0 Å². The quantitative estimate of drug-likeness (QED) is 0.897. The smallest absolute Gasteiger partial charge is 0.418 e. The van der Waals surface area contributed by atoms with E-state index in [0.29, 0.717) is 23.9 Å².